The first kappa shape index (κ1) is 15.3. The summed E-state index contributed by atoms with van der Waals surface area (Å²) in [4.78, 5) is 12.4. The lowest BCUT2D eigenvalue weighted by Crippen LogP contribution is -2.22. The fourth-order valence-corrected chi connectivity index (χ4v) is 2.61. The van der Waals surface area contributed by atoms with E-state index in [1.165, 1.54) is 6.07 Å². The maximum absolute atomic E-state index is 13.6. The van der Waals surface area contributed by atoms with Crippen molar-refractivity contribution in [1.82, 2.24) is 5.32 Å². The molecule has 2 rings (SSSR count). The molecule has 1 amide bonds. The van der Waals surface area contributed by atoms with Crippen LogP contribution in [0.1, 0.15) is 17.3 Å². The number of nitrogen functional groups attached to an aromatic ring is 1. The molecule has 110 valence electrons. The largest absolute Gasteiger partial charge is 0.398 e. The minimum absolute atomic E-state index is 0.146. The van der Waals surface area contributed by atoms with E-state index in [-0.39, 0.29) is 10.8 Å². The average molecular weight is 308 g/mol. The van der Waals surface area contributed by atoms with Crippen LogP contribution in [0.15, 0.2) is 46.2 Å². The van der Waals surface area contributed by atoms with E-state index < -0.39 is 11.6 Å². The lowest BCUT2D eigenvalue weighted by atomic mass is 10.2. The summed E-state index contributed by atoms with van der Waals surface area (Å²) in [6.45, 7) is 2.34. The maximum atomic E-state index is 13.6. The van der Waals surface area contributed by atoms with E-state index in [1.807, 2.05) is 6.92 Å². The number of benzene rings is 2. The number of rotatable bonds is 4. The van der Waals surface area contributed by atoms with Crippen molar-refractivity contribution < 1.29 is 13.6 Å². The zero-order valence-corrected chi connectivity index (χ0v) is 12.1. The summed E-state index contributed by atoms with van der Waals surface area (Å²) >= 11 is 1.02. The number of carbonyl (C=O) groups is 1. The highest BCUT2D eigenvalue weighted by atomic mass is 32.2. The molecule has 0 saturated carbocycles. The van der Waals surface area contributed by atoms with Crippen LogP contribution < -0.4 is 11.1 Å². The first-order chi connectivity index (χ1) is 10.0. The van der Waals surface area contributed by atoms with Crippen LogP contribution in [0.5, 0.6) is 0 Å². The Labute approximate surface area is 125 Å². The second-order valence-electron chi connectivity index (χ2n) is 4.29. The second kappa shape index (κ2) is 6.58. The molecule has 3 nitrogen and oxygen atoms in total. The van der Waals surface area contributed by atoms with Crippen molar-refractivity contribution in [2.75, 3.05) is 12.3 Å². The van der Waals surface area contributed by atoms with Crippen molar-refractivity contribution in [1.29, 1.82) is 0 Å². The minimum atomic E-state index is -0.520. The van der Waals surface area contributed by atoms with Crippen molar-refractivity contribution in [2.45, 2.75) is 16.7 Å². The Morgan fingerprint density at radius 2 is 1.95 bits per heavy atom. The van der Waals surface area contributed by atoms with Crippen LogP contribution in [0.25, 0.3) is 0 Å². The number of halogens is 2. The molecule has 21 heavy (non-hydrogen) atoms. The molecule has 0 radical (unpaired) electrons. The number of nitrogens with one attached hydrogen (secondary N) is 1. The number of hydrogen-bond acceptors (Lipinski definition) is 3. The Kier molecular flexibility index (Phi) is 4.80. The van der Waals surface area contributed by atoms with Gasteiger partial charge in [0.2, 0.25) is 0 Å². The highest BCUT2D eigenvalue weighted by Gasteiger charge is 2.11. The molecular weight excluding hydrogens is 294 g/mol. The molecule has 0 aliphatic heterocycles. The maximum Gasteiger partial charge on any atom is 0.251 e. The zero-order chi connectivity index (χ0) is 15.4. The molecule has 0 heterocycles. The monoisotopic (exact) mass is 308 g/mol. The van der Waals surface area contributed by atoms with Crippen molar-refractivity contribution in [3.63, 3.8) is 0 Å². The first-order valence-electron chi connectivity index (χ1n) is 6.32. The van der Waals surface area contributed by atoms with Gasteiger partial charge in [-0.15, -0.1) is 0 Å². The molecule has 2 aromatic carbocycles. The second-order valence-corrected chi connectivity index (χ2v) is 5.37. The predicted molar refractivity (Wildman–Crippen MR) is 79.3 cm³/mol. The Morgan fingerprint density at radius 3 is 2.62 bits per heavy atom. The van der Waals surface area contributed by atoms with E-state index in [2.05, 4.69) is 5.32 Å². The van der Waals surface area contributed by atoms with Crippen molar-refractivity contribution in [3.05, 3.63) is 53.6 Å². The van der Waals surface area contributed by atoms with Crippen LogP contribution in [0.3, 0.4) is 0 Å². The molecule has 0 saturated heterocycles. The van der Waals surface area contributed by atoms with E-state index >= 15 is 0 Å². The van der Waals surface area contributed by atoms with Gasteiger partial charge in [0.1, 0.15) is 11.6 Å². The Balaban J connectivity index is 2.25. The molecule has 0 spiro atoms. The average Bonchev–Trinajstić information content (AvgIpc) is 2.45. The number of amides is 1. The molecule has 0 fully saturated rings. The van der Waals surface area contributed by atoms with Gasteiger partial charge in [0.15, 0.2) is 0 Å². The highest BCUT2D eigenvalue weighted by molar-refractivity contribution is 7.99. The van der Waals surface area contributed by atoms with Crippen LogP contribution in [0.4, 0.5) is 14.5 Å². The van der Waals surface area contributed by atoms with Gasteiger partial charge in [-0.25, -0.2) is 8.78 Å². The molecule has 2 aromatic rings. The smallest absolute Gasteiger partial charge is 0.251 e. The minimum Gasteiger partial charge on any atom is -0.398 e. The SMILES string of the molecule is CCNC(=O)c1ccc(Sc2cc(F)ccc2F)c(N)c1. The third kappa shape index (κ3) is 3.72. The van der Waals surface area contributed by atoms with Crippen molar-refractivity contribution in [2.24, 2.45) is 0 Å². The fourth-order valence-electron chi connectivity index (χ4n) is 1.72. The van der Waals surface area contributed by atoms with Gasteiger partial charge < -0.3 is 11.1 Å². The van der Waals surface area contributed by atoms with Gasteiger partial charge in [-0.2, -0.15) is 0 Å². The van der Waals surface area contributed by atoms with Crippen molar-refractivity contribution in [3.8, 4) is 0 Å². The lowest BCUT2D eigenvalue weighted by Gasteiger charge is -2.09. The molecule has 0 unspecified atom stereocenters. The van der Waals surface area contributed by atoms with Crippen molar-refractivity contribution >= 4 is 23.4 Å². The van der Waals surface area contributed by atoms with E-state index in [1.54, 1.807) is 12.1 Å². The van der Waals surface area contributed by atoms with Gasteiger partial charge in [0.25, 0.3) is 5.91 Å². The quantitative estimate of drug-likeness (QED) is 0.851. The topological polar surface area (TPSA) is 55.1 Å². The van der Waals surface area contributed by atoms with E-state index in [9.17, 15) is 13.6 Å². The summed E-state index contributed by atoms with van der Waals surface area (Å²) in [5.41, 5.74) is 6.64. The van der Waals surface area contributed by atoms with Gasteiger partial charge in [0, 0.05) is 22.7 Å². The normalized spacial score (nSPS) is 10.4. The van der Waals surface area contributed by atoms with Gasteiger partial charge in [-0.3, -0.25) is 4.79 Å². The summed E-state index contributed by atoms with van der Waals surface area (Å²) in [6, 6.07) is 7.97. The summed E-state index contributed by atoms with van der Waals surface area (Å²) in [5, 5.41) is 2.66. The Hall–Kier alpha value is -2.08. The van der Waals surface area contributed by atoms with Gasteiger partial charge >= 0.3 is 0 Å². The lowest BCUT2D eigenvalue weighted by molar-refractivity contribution is 0.0956. The van der Waals surface area contributed by atoms with Crippen LogP contribution >= 0.6 is 11.8 Å². The number of carbonyl (C=O) groups excluding carboxylic acids is 1. The molecule has 3 N–H and O–H groups in total. The molecule has 6 heteroatoms. The van der Waals surface area contributed by atoms with Crippen LogP contribution in [-0.2, 0) is 0 Å². The predicted octanol–water partition coefficient (Wildman–Crippen LogP) is 3.45. The van der Waals surface area contributed by atoms with E-state index in [0.29, 0.717) is 22.7 Å². The Morgan fingerprint density at radius 1 is 1.19 bits per heavy atom. The first-order valence-corrected chi connectivity index (χ1v) is 7.13. The number of anilines is 1. The zero-order valence-electron chi connectivity index (χ0n) is 11.3. The van der Waals surface area contributed by atoms with Gasteiger partial charge in [0.05, 0.1) is 4.90 Å². The standard InChI is InChI=1S/C15H14F2N2OS/c1-2-19-15(20)9-3-6-13(12(18)7-9)21-14-8-10(16)4-5-11(14)17/h3-8H,2,18H2,1H3,(H,19,20). The van der Waals surface area contributed by atoms with Crippen LogP contribution in [-0.4, -0.2) is 12.5 Å². The third-order valence-electron chi connectivity index (χ3n) is 2.72. The molecule has 0 aromatic heterocycles. The molecule has 0 aliphatic rings. The molecule has 0 atom stereocenters. The van der Waals surface area contributed by atoms with Crippen LogP contribution in [0, 0.1) is 11.6 Å². The summed E-state index contributed by atoms with van der Waals surface area (Å²) in [7, 11) is 0. The van der Waals surface area contributed by atoms with E-state index in [0.717, 1.165) is 30.0 Å². The molecule has 0 bridgehead atoms. The molecule has 0 aliphatic carbocycles. The van der Waals surface area contributed by atoms with E-state index in [4.69, 9.17) is 5.73 Å². The summed E-state index contributed by atoms with van der Waals surface area (Å²) < 4.78 is 26.7. The summed E-state index contributed by atoms with van der Waals surface area (Å²) in [5.74, 6) is -1.26. The molecular formula is C15H14F2N2OS. The Bertz CT molecular complexity index is 677. The van der Waals surface area contributed by atoms with Gasteiger partial charge in [-0.1, -0.05) is 11.8 Å². The third-order valence-corrected chi connectivity index (χ3v) is 3.85. The van der Waals surface area contributed by atoms with Crippen LogP contribution in [0.2, 0.25) is 0 Å². The highest BCUT2D eigenvalue weighted by Crippen LogP contribution is 2.34. The van der Waals surface area contributed by atoms with Gasteiger partial charge in [-0.05, 0) is 43.3 Å². The number of hydrogen-bond donors (Lipinski definition) is 2. The number of nitrogens with two attached hydrogens (primary N) is 1. The summed E-state index contributed by atoms with van der Waals surface area (Å²) in [6.07, 6.45) is 0. The fraction of sp³-hybridized carbons (Fsp3) is 0.133.